The van der Waals surface area contributed by atoms with Gasteiger partial charge in [-0.2, -0.15) is 24.3 Å². The van der Waals surface area contributed by atoms with E-state index in [0.29, 0.717) is 10.8 Å². The maximum absolute atomic E-state index is 10.7. The summed E-state index contributed by atoms with van der Waals surface area (Å²) < 4.78 is 32.2. The number of hydrogen-bond acceptors (Lipinski definition) is 0. The standard InChI is InChI=1S/2C30H35.C3H4F3.CH3.2ClH.Si.Zr/c2*1-19-27(29(2,3)4)15-24-6-5-7-26(28(19)24)23-8-10-25(11-9-23)30-16-20-12-21(17-30)14-22(13-20)18-30;1-2-3(4,5)6;;;;;/h2*5-11,15,20-22H,12-14,16-18H2,1-4H3;1-2H2;1H3;2*1H;;/q4*-1;;;;. The molecule has 0 nitrogen and oxygen atoms in total. The second-order valence-electron chi connectivity index (χ2n) is 24.8. The average molecular weight is 1100 g/mol. The summed E-state index contributed by atoms with van der Waals surface area (Å²) in [5.41, 5.74) is 16.1. The van der Waals surface area contributed by atoms with E-state index in [9.17, 15) is 13.2 Å². The molecule has 0 amide bonds. The van der Waals surface area contributed by atoms with Crippen LogP contribution in [-0.4, -0.2) is 13.1 Å². The molecule has 8 bridgehead atoms. The van der Waals surface area contributed by atoms with E-state index in [1.807, 2.05) is 0 Å². The number of fused-ring (bicyclic) bond motifs is 2. The van der Waals surface area contributed by atoms with Crippen LogP contribution >= 0.6 is 24.8 Å². The molecule has 382 valence electrons. The molecule has 8 aliphatic carbocycles. The van der Waals surface area contributed by atoms with Crippen LogP contribution in [0.2, 0.25) is 0 Å². The Labute approximate surface area is 455 Å². The Kier molecular flexibility index (Phi) is 18.0. The van der Waals surface area contributed by atoms with Gasteiger partial charge in [-0.15, -0.1) is 93.9 Å². The van der Waals surface area contributed by atoms with Crippen molar-refractivity contribution >= 4 is 53.2 Å². The molecule has 8 fully saturated rings. The molecule has 7 heteroatoms. The Morgan fingerprint density at radius 2 is 0.789 bits per heavy atom. The van der Waals surface area contributed by atoms with Gasteiger partial charge in [0.2, 0.25) is 0 Å². The number of alkyl halides is 3. The van der Waals surface area contributed by atoms with Crippen LogP contribution < -0.4 is 0 Å². The zero-order valence-corrected chi connectivity index (χ0v) is 49.1. The van der Waals surface area contributed by atoms with Crippen molar-refractivity contribution in [2.24, 2.45) is 35.5 Å². The second-order valence-corrected chi connectivity index (χ2v) is 24.8. The van der Waals surface area contributed by atoms with Crippen molar-refractivity contribution in [2.45, 2.75) is 167 Å². The van der Waals surface area contributed by atoms with E-state index in [4.69, 9.17) is 0 Å². The molecule has 0 N–H and O–H groups in total. The average Bonchev–Trinajstić information content (AvgIpc) is 3.83. The molecular weight excluding hydrogens is 1020 g/mol. The van der Waals surface area contributed by atoms with Crippen LogP contribution in [0, 0.1) is 63.7 Å². The maximum atomic E-state index is 10.7. The Morgan fingerprint density at radius 3 is 1.03 bits per heavy atom. The van der Waals surface area contributed by atoms with Crippen molar-refractivity contribution in [3.05, 3.63) is 145 Å². The topological polar surface area (TPSA) is 0 Å². The van der Waals surface area contributed by atoms with Gasteiger partial charge >= 0.3 is 36.4 Å². The van der Waals surface area contributed by atoms with Gasteiger partial charge in [-0.25, -0.2) is 0 Å². The van der Waals surface area contributed by atoms with Crippen LogP contribution in [0.5, 0.6) is 0 Å². The van der Waals surface area contributed by atoms with Gasteiger partial charge in [0.1, 0.15) is 0 Å². The van der Waals surface area contributed by atoms with E-state index in [-0.39, 0.29) is 43.1 Å². The molecule has 8 saturated carbocycles. The zero-order valence-electron chi connectivity index (χ0n) is 44.1. The fourth-order valence-corrected chi connectivity index (χ4v) is 16.0. The van der Waals surface area contributed by atoms with Crippen molar-refractivity contribution in [3.8, 4) is 22.3 Å². The van der Waals surface area contributed by atoms with Crippen LogP contribution in [0.15, 0.2) is 97.1 Å². The minimum atomic E-state index is -4.07. The van der Waals surface area contributed by atoms with Crippen LogP contribution in [0.4, 0.5) is 13.2 Å². The van der Waals surface area contributed by atoms with Crippen LogP contribution in [0.1, 0.15) is 158 Å². The third-order valence-corrected chi connectivity index (χ3v) is 17.9. The van der Waals surface area contributed by atoms with Crippen molar-refractivity contribution in [1.29, 1.82) is 0 Å². The van der Waals surface area contributed by atoms with Gasteiger partial charge < -0.3 is 14.4 Å². The molecule has 2 radical (unpaired) electrons. The third-order valence-electron chi connectivity index (χ3n) is 17.9. The molecule has 6 aromatic carbocycles. The van der Waals surface area contributed by atoms with Gasteiger partial charge in [0.15, 0.2) is 0 Å². The van der Waals surface area contributed by atoms with E-state index in [1.165, 1.54) is 166 Å². The fraction of sp³-hybridized carbons (Fsp3) is 0.500. The first-order valence-corrected chi connectivity index (χ1v) is 30.1. The fourth-order valence-electron chi connectivity index (χ4n) is 16.0. The van der Waals surface area contributed by atoms with Gasteiger partial charge in [-0.1, -0.05) is 134 Å². The van der Waals surface area contributed by atoms with E-state index in [2.05, 4.69) is 166 Å². The predicted octanol–water partition coefficient (Wildman–Crippen LogP) is 19.3. The summed E-state index contributed by atoms with van der Waals surface area (Å²) in [7, 11) is 0. The summed E-state index contributed by atoms with van der Waals surface area (Å²) in [5, 5.41) is 5.68. The molecule has 0 aromatic heterocycles. The first-order chi connectivity index (χ1) is 32.2. The molecule has 0 saturated heterocycles. The molecule has 0 unspecified atom stereocenters. The number of aryl methyl sites for hydroxylation is 2. The normalized spacial score (nSPS) is 26.7. The molecule has 14 rings (SSSR count). The van der Waals surface area contributed by atoms with E-state index in [0.717, 1.165) is 35.5 Å². The summed E-state index contributed by atoms with van der Waals surface area (Å²) in [4.78, 5) is 0. The van der Waals surface area contributed by atoms with Crippen LogP contribution in [0.3, 0.4) is 0 Å². The van der Waals surface area contributed by atoms with Crippen LogP contribution in [0.25, 0.3) is 43.8 Å². The van der Waals surface area contributed by atoms with Crippen molar-refractivity contribution in [3.63, 3.8) is 0 Å². The van der Waals surface area contributed by atoms with Crippen molar-refractivity contribution in [2.75, 3.05) is 0 Å². The summed E-state index contributed by atoms with van der Waals surface area (Å²) in [6.45, 7) is 24.3. The molecular formula is C64H79Cl2F3SiZr-4. The quantitative estimate of drug-likeness (QED) is 0.122. The second kappa shape index (κ2) is 22.0. The molecule has 8 aliphatic rings. The van der Waals surface area contributed by atoms with Gasteiger partial charge in [-0.05, 0) is 156 Å². The predicted molar refractivity (Wildman–Crippen MR) is 299 cm³/mol. The number of hydrogen-bond donors (Lipinski definition) is 0. The van der Waals surface area contributed by atoms with E-state index in [1.54, 1.807) is 11.1 Å². The summed E-state index contributed by atoms with van der Waals surface area (Å²) in [5.74, 6) is 6.04. The van der Waals surface area contributed by atoms with Gasteiger partial charge in [0, 0.05) is 0 Å². The molecule has 0 aliphatic heterocycles. The van der Waals surface area contributed by atoms with Crippen molar-refractivity contribution in [1.82, 2.24) is 0 Å². The van der Waals surface area contributed by atoms with E-state index >= 15 is 0 Å². The number of rotatable bonds is 4. The Hall–Kier alpha value is -2.43. The summed E-state index contributed by atoms with van der Waals surface area (Å²) >= 11 is 1.36. The monoisotopic (exact) mass is 1090 g/mol. The minimum absolute atomic E-state index is 0. The van der Waals surface area contributed by atoms with Gasteiger partial charge in [0.25, 0.3) is 0 Å². The summed E-state index contributed by atoms with van der Waals surface area (Å²) in [6.07, 6.45) is 12.8. The molecule has 6 aromatic rings. The number of benzene rings is 4. The first-order valence-electron chi connectivity index (χ1n) is 25.9. The van der Waals surface area contributed by atoms with Crippen molar-refractivity contribution < 1.29 is 36.5 Å². The van der Waals surface area contributed by atoms with Gasteiger partial charge in [0.05, 0.1) is 0 Å². The molecule has 0 atom stereocenters. The molecule has 71 heavy (non-hydrogen) atoms. The van der Waals surface area contributed by atoms with Gasteiger partial charge in [-0.3, -0.25) is 0 Å². The Morgan fingerprint density at radius 1 is 0.521 bits per heavy atom. The molecule has 0 spiro atoms. The Bertz CT molecular complexity index is 2490. The Balaban J connectivity index is 0.000000195. The number of halogens is 5. The molecule has 0 heterocycles. The third kappa shape index (κ3) is 11.6. The first kappa shape index (κ1) is 57.8. The van der Waals surface area contributed by atoms with E-state index < -0.39 is 12.6 Å². The SMILES string of the molecule is Cc1c(C(C)(C)C)[cH-]c2cccc(-c3ccc(C45CC6CC(CC(C6)C4)C5)cc3)c12.Cc1c(C(C)(C)C)[cH-]c2cccc(-c3ccc(C45CC6CC(CC(C6)C4)C5)cc3)c12.Cl.Cl.[CH2-]CC(F)(F)F.[CH3-].[Si]=[Zr]. The summed E-state index contributed by atoms with van der Waals surface area (Å²) in [6, 6.07) is 38.2. The van der Waals surface area contributed by atoms with Crippen LogP contribution in [-0.2, 0) is 45.0 Å². The zero-order chi connectivity index (χ0) is 48.6.